The fourth-order valence-electron chi connectivity index (χ4n) is 0. The van der Waals surface area contributed by atoms with Crippen LogP contribution in [0.1, 0.15) is 0 Å². The summed E-state index contributed by atoms with van der Waals surface area (Å²) >= 11 is 4.01. The molecule has 0 rings (SSSR count). The molecule has 0 nitrogen and oxygen atoms in total. The molecule has 24 valence electrons. The molecular formula is S2Te2. The van der Waals surface area contributed by atoms with Gasteiger partial charge in [0.2, 0.25) is 0 Å². The van der Waals surface area contributed by atoms with E-state index >= 15 is 0 Å². The van der Waals surface area contributed by atoms with E-state index in [1.807, 2.05) is 41.8 Å². The average molecular weight is 319 g/mol. The summed E-state index contributed by atoms with van der Waals surface area (Å²) in [6, 6.07) is 0. The zero-order valence-electron chi connectivity index (χ0n) is 1.63. The molecule has 0 unspecified atom stereocenters. The second kappa shape index (κ2) is 5.28. The van der Waals surface area contributed by atoms with Crippen molar-refractivity contribution in [3.8, 4) is 0 Å². The molecule has 0 fully saturated rings. The zero-order valence-corrected chi connectivity index (χ0v) is 7.93. The van der Waals surface area contributed by atoms with E-state index in [0.717, 1.165) is 0 Å². The van der Waals surface area contributed by atoms with Gasteiger partial charge >= 0.3 is 57.9 Å². The third-order valence-electron chi connectivity index (χ3n) is 0.0278. The van der Waals surface area contributed by atoms with E-state index in [-0.39, 0.29) is 0 Å². The second-order valence-electron chi connectivity index (χ2n) is 0.136. The van der Waals surface area contributed by atoms with Crippen LogP contribution in [0.25, 0.3) is 0 Å². The third-order valence-corrected chi connectivity index (χ3v) is 11.2. The Morgan fingerprint density at radius 2 is 1.25 bits per heavy atom. The summed E-state index contributed by atoms with van der Waals surface area (Å²) < 4.78 is 0. The fourth-order valence-corrected chi connectivity index (χ4v) is 0. The summed E-state index contributed by atoms with van der Waals surface area (Å²) in [6.45, 7) is 0. The molecule has 0 spiro atoms. The molecule has 0 N–H and O–H groups in total. The maximum absolute atomic E-state index is 2.01. The molecular weight excluding hydrogens is 319 g/mol. The van der Waals surface area contributed by atoms with E-state index in [4.69, 9.17) is 0 Å². The van der Waals surface area contributed by atoms with E-state index < -0.39 is 0 Å². The Hall–Kier alpha value is 2.28. The summed E-state index contributed by atoms with van der Waals surface area (Å²) in [7, 11) is 3.58. The molecule has 0 aliphatic heterocycles. The molecule has 0 saturated carbocycles. The first-order valence-electron chi connectivity index (χ1n) is 0.500. The Morgan fingerprint density at radius 1 is 1.00 bits per heavy atom. The van der Waals surface area contributed by atoms with E-state index in [1.165, 1.54) is 0 Å². The van der Waals surface area contributed by atoms with E-state index in [9.17, 15) is 0 Å². The fraction of sp³-hybridized carbons (Fsp3) is 0. The monoisotopic (exact) mass is 324 g/mol. The van der Waals surface area contributed by atoms with Crippen molar-refractivity contribution in [1.29, 1.82) is 0 Å². The quantitative estimate of drug-likeness (QED) is 0.511. The predicted molar refractivity (Wildman–Crippen MR) is 26.7 cm³/mol. The van der Waals surface area contributed by atoms with Crippen molar-refractivity contribution in [2.75, 3.05) is 0 Å². The first-order chi connectivity index (χ1) is 1.91. The molecule has 0 atom stereocenters. The first-order valence-corrected chi connectivity index (χ1v) is 8.21. The Morgan fingerprint density at radius 3 is 1.25 bits per heavy atom. The molecule has 2 radical (unpaired) electrons. The van der Waals surface area contributed by atoms with E-state index in [0.29, 0.717) is 0 Å². The Bertz CT molecular complexity index is 6.00. The molecule has 4 heavy (non-hydrogen) atoms. The molecule has 0 bridgehead atoms. The van der Waals surface area contributed by atoms with Gasteiger partial charge < -0.3 is 0 Å². The standard InChI is InChI=1S/S2Te2/c3-1-2-4. The van der Waals surface area contributed by atoms with Gasteiger partial charge in [-0.3, -0.25) is 0 Å². The van der Waals surface area contributed by atoms with Crippen LogP contribution in [-0.4, -0.2) is 41.8 Å². The van der Waals surface area contributed by atoms with Crippen LogP contribution in [0.5, 0.6) is 0 Å². The summed E-state index contributed by atoms with van der Waals surface area (Å²) in [6.07, 6.45) is 0. The van der Waals surface area contributed by atoms with Crippen LogP contribution in [0.2, 0.25) is 0 Å². The van der Waals surface area contributed by atoms with Crippen molar-refractivity contribution in [2.24, 2.45) is 0 Å². The third kappa shape index (κ3) is 4.28. The van der Waals surface area contributed by atoms with Gasteiger partial charge in [0, 0.05) is 0 Å². The van der Waals surface area contributed by atoms with Gasteiger partial charge in [0.15, 0.2) is 0 Å². The first kappa shape index (κ1) is 6.28. The molecule has 0 aliphatic carbocycles. The summed E-state index contributed by atoms with van der Waals surface area (Å²) in [5, 5.41) is 0. The molecule has 0 saturated heterocycles. The molecule has 0 aromatic carbocycles. The van der Waals surface area contributed by atoms with Crippen LogP contribution in [0, 0.1) is 0 Å². The van der Waals surface area contributed by atoms with Crippen LogP contribution in [0.15, 0.2) is 0 Å². The summed E-state index contributed by atoms with van der Waals surface area (Å²) in [5.74, 6) is 0. The second-order valence-corrected chi connectivity index (χ2v) is 8.22. The zero-order chi connectivity index (χ0) is 3.41. The molecule has 0 aliphatic rings. The maximum atomic E-state index is 2.01. The SMILES string of the molecule is [Te]SS[Te]. The summed E-state index contributed by atoms with van der Waals surface area (Å²) in [5.41, 5.74) is 0. The number of hydrogen-bond acceptors (Lipinski definition) is 2. The molecule has 0 aromatic rings. The molecule has 4 heteroatoms. The van der Waals surface area contributed by atoms with Gasteiger partial charge in [-0.05, 0) is 0 Å². The van der Waals surface area contributed by atoms with E-state index in [2.05, 4.69) is 0 Å². The minimum absolute atomic E-state index is 1.79. The van der Waals surface area contributed by atoms with Crippen molar-refractivity contribution in [1.82, 2.24) is 0 Å². The number of hydrogen-bond donors (Lipinski definition) is 0. The van der Waals surface area contributed by atoms with Gasteiger partial charge in [0.05, 0.1) is 0 Å². The van der Waals surface area contributed by atoms with Gasteiger partial charge in [-0.25, -0.2) is 0 Å². The average Bonchev–Trinajstić information content (AvgIpc) is 1.37. The summed E-state index contributed by atoms with van der Waals surface area (Å²) in [4.78, 5) is 0. The van der Waals surface area contributed by atoms with Crippen molar-refractivity contribution < 1.29 is 0 Å². The van der Waals surface area contributed by atoms with Gasteiger partial charge in [-0.2, -0.15) is 0 Å². The van der Waals surface area contributed by atoms with Crippen LogP contribution >= 0.6 is 16.0 Å². The van der Waals surface area contributed by atoms with Crippen molar-refractivity contribution in [2.45, 2.75) is 0 Å². The van der Waals surface area contributed by atoms with Crippen LogP contribution in [0.4, 0.5) is 0 Å². The van der Waals surface area contributed by atoms with Gasteiger partial charge in [0.1, 0.15) is 0 Å². The van der Waals surface area contributed by atoms with Gasteiger partial charge in [0.25, 0.3) is 0 Å². The van der Waals surface area contributed by atoms with Crippen LogP contribution < -0.4 is 0 Å². The normalized spacial score (nSPS) is 7.50. The molecule has 0 heterocycles. The van der Waals surface area contributed by atoms with Gasteiger partial charge in [-0.1, -0.05) is 0 Å². The van der Waals surface area contributed by atoms with Gasteiger partial charge in [-0.15, -0.1) is 0 Å². The minimum atomic E-state index is 1.79. The van der Waals surface area contributed by atoms with Crippen molar-refractivity contribution >= 4 is 57.9 Å². The molecule has 0 aromatic heterocycles. The van der Waals surface area contributed by atoms with E-state index in [1.54, 1.807) is 16.0 Å². The Kier molecular flexibility index (Phi) is 8.29. The van der Waals surface area contributed by atoms with Crippen molar-refractivity contribution in [3.05, 3.63) is 0 Å². The topological polar surface area (TPSA) is 0 Å². The van der Waals surface area contributed by atoms with Crippen LogP contribution in [0.3, 0.4) is 0 Å². The Balaban J connectivity index is 1.97. The molecule has 0 amide bonds. The van der Waals surface area contributed by atoms with Crippen LogP contribution in [-0.2, 0) is 0 Å². The Labute approximate surface area is 57.0 Å². The predicted octanol–water partition coefficient (Wildman–Crippen LogP) is 0.535. The van der Waals surface area contributed by atoms with Crippen molar-refractivity contribution in [3.63, 3.8) is 0 Å². The number of rotatable bonds is 1.